The molecule has 33 heavy (non-hydrogen) atoms. The van der Waals surface area contributed by atoms with Crippen molar-refractivity contribution < 1.29 is 19.1 Å². The Labute approximate surface area is 195 Å². The van der Waals surface area contributed by atoms with E-state index in [2.05, 4.69) is 10.9 Å². The molecule has 164 valence electrons. The van der Waals surface area contributed by atoms with Crippen LogP contribution in [0.1, 0.15) is 15.9 Å². The molecule has 0 saturated carbocycles. The lowest BCUT2D eigenvalue weighted by Crippen LogP contribution is -2.23. The predicted molar refractivity (Wildman–Crippen MR) is 131 cm³/mol. The number of nitrogens with zero attached hydrogens (tertiary/aromatic N) is 2. The van der Waals surface area contributed by atoms with Gasteiger partial charge in [0.05, 0.1) is 23.3 Å². The van der Waals surface area contributed by atoms with Gasteiger partial charge in [0.25, 0.3) is 5.91 Å². The number of carbonyl (C=O) groups excluding carboxylic acids is 2. The first kappa shape index (κ1) is 22.2. The molecule has 1 fully saturated rings. The molecule has 3 aromatic carbocycles. The maximum Gasteiger partial charge on any atom is 0.337 e. The molecule has 1 amide bonds. The molecule has 3 aromatic rings. The number of benzene rings is 3. The number of carbonyl (C=O) groups is 2. The lowest BCUT2D eigenvalue weighted by molar-refractivity contribution is -0.121. The highest BCUT2D eigenvalue weighted by Crippen LogP contribution is 2.37. The third-order valence-electron chi connectivity index (χ3n) is 5.01. The van der Waals surface area contributed by atoms with Crippen LogP contribution < -0.4 is 4.74 Å². The highest BCUT2D eigenvalue weighted by atomic mass is 32.2. The minimum Gasteiger partial charge on any atom is -0.480 e. The summed E-state index contributed by atoms with van der Waals surface area (Å²) in [5.74, 6) is 2.45. The van der Waals surface area contributed by atoms with Gasteiger partial charge in [-0.2, -0.15) is 0 Å². The summed E-state index contributed by atoms with van der Waals surface area (Å²) in [7, 11) is 2.99. The average molecular weight is 457 g/mol. The van der Waals surface area contributed by atoms with Crippen molar-refractivity contribution in [1.82, 2.24) is 4.90 Å². The second-order valence-corrected chi connectivity index (χ2v) is 8.11. The normalized spacial score (nSPS) is 15.8. The minimum atomic E-state index is -0.448. The molecular formula is C26H20N2O4S. The molecule has 0 bridgehead atoms. The van der Waals surface area contributed by atoms with Crippen LogP contribution in [-0.4, -0.2) is 42.7 Å². The van der Waals surface area contributed by atoms with E-state index in [1.807, 2.05) is 42.5 Å². The quantitative estimate of drug-likeness (QED) is 0.311. The molecule has 7 heteroatoms. The number of fused-ring (bicyclic) bond motifs is 1. The number of hydrogen-bond acceptors (Lipinski definition) is 6. The zero-order valence-corrected chi connectivity index (χ0v) is 18.9. The van der Waals surface area contributed by atoms with Crippen molar-refractivity contribution in [2.24, 2.45) is 4.99 Å². The second-order valence-electron chi connectivity index (χ2n) is 7.10. The Balaban J connectivity index is 1.73. The number of aliphatic imine (C=N–C) groups is 1. The Hall–Kier alpha value is -4.02. The SMILES string of the molecule is C#CCOc1ccc2ccccc2c1C=C1SC(=Nc2cccc(C(=O)OC)c2)N(C)C1=O. The van der Waals surface area contributed by atoms with Crippen LogP contribution in [0.2, 0.25) is 0 Å². The van der Waals surface area contributed by atoms with Gasteiger partial charge < -0.3 is 9.47 Å². The molecule has 0 radical (unpaired) electrons. The molecule has 0 atom stereocenters. The third kappa shape index (κ3) is 4.61. The first-order valence-corrected chi connectivity index (χ1v) is 10.9. The number of rotatable bonds is 5. The number of amidine groups is 1. The summed E-state index contributed by atoms with van der Waals surface area (Å²) in [5.41, 5.74) is 1.71. The fourth-order valence-corrected chi connectivity index (χ4v) is 4.35. The summed E-state index contributed by atoms with van der Waals surface area (Å²) >= 11 is 1.25. The van der Waals surface area contributed by atoms with Crippen molar-refractivity contribution in [3.8, 4) is 18.1 Å². The molecule has 1 aliphatic rings. The van der Waals surface area contributed by atoms with Crippen LogP contribution in [0.15, 0.2) is 70.6 Å². The molecular weight excluding hydrogens is 436 g/mol. The molecule has 6 nitrogen and oxygen atoms in total. The van der Waals surface area contributed by atoms with Gasteiger partial charge in [-0.1, -0.05) is 42.3 Å². The summed E-state index contributed by atoms with van der Waals surface area (Å²) in [6, 6.07) is 18.4. The predicted octanol–water partition coefficient (Wildman–Crippen LogP) is 4.87. The van der Waals surface area contributed by atoms with E-state index in [-0.39, 0.29) is 12.5 Å². The van der Waals surface area contributed by atoms with Crippen LogP contribution in [0.3, 0.4) is 0 Å². The van der Waals surface area contributed by atoms with Crippen molar-refractivity contribution >= 4 is 51.3 Å². The van der Waals surface area contributed by atoms with E-state index in [1.165, 1.54) is 23.8 Å². The number of thioether (sulfide) groups is 1. The number of amides is 1. The highest BCUT2D eigenvalue weighted by molar-refractivity contribution is 8.18. The summed E-state index contributed by atoms with van der Waals surface area (Å²) in [6.45, 7) is 0.124. The van der Waals surface area contributed by atoms with E-state index in [0.717, 1.165) is 16.3 Å². The van der Waals surface area contributed by atoms with Crippen molar-refractivity contribution in [1.29, 1.82) is 0 Å². The first-order valence-electron chi connectivity index (χ1n) is 10.0. The molecule has 0 N–H and O–H groups in total. The summed E-state index contributed by atoms with van der Waals surface area (Å²) < 4.78 is 10.5. The maximum absolute atomic E-state index is 13.0. The molecule has 0 spiro atoms. The number of ether oxygens (including phenoxy) is 2. The second kappa shape index (κ2) is 9.63. The smallest absolute Gasteiger partial charge is 0.337 e. The molecule has 4 rings (SSSR count). The molecule has 0 aliphatic carbocycles. The Morgan fingerprint density at radius 1 is 1.18 bits per heavy atom. The standard InChI is InChI=1S/C26H20N2O4S/c1-4-14-32-22-13-12-17-8-5-6-11-20(17)21(22)16-23-24(29)28(2)26(33-23)27-19-10-7-9-18(15-19)25(30)31-3/h1,5-13,15-16H,14H2,2-3H3. The van der Waals surface area contributed by atoms with Crippen molar-refractivity contribution in [2.45, 2.75) is 0 Å². The zero-order valence-electron chi connectivity index (χ0n) is 18.1. The van der Waals surface area contributed by atoms with Gasteiger partial charge >= 0.3 is 5.97 Å². The largest absolute Gasteiger partial charge is 0.480 e. The van der Waals surface area contributed by atoms with Crippen LogP contribution in [-0.2, 0) is 9.53 Å². The van der Waals surface area contributed by atoms with E-state index >= 15 is 0 Å². The van der Waals surface area contributed by atoms with Crippen LogP contribution in [0.25, 0.3) is 16.8 Å². The van der Waals surface area contributed by atoms with Crippen molar-refractivity contribution in [3.05, 3.63) is 76.7 Å². The number of methoxy groups -OCH3 is 1. The lowest BCUT2D eigenvalue weighted by atomic mass is 10.0. The van der Waals surface area contributed by atoms with Crippen LogP contribution in [0, 0.1) is 12.3 Å². The Bertz CT molecular complexity index is 1350. The van der Waals surface area contributed by atoms with Crippen molar-refractivity contribution in [2.75, 3.05) is 20.8 Å². The van der Waals surface area contributed by atoms with Gasteiger partial charge in [0.15, 0.2) is 5.17 Å². The van der Waals surface area contributed by atoms with E-state index < -0.39 is 5.97 Å². The van der Waals surface area contributed by atoms with Gasteiger partial charge in [-0.3, -0.25) is 9.69 Å². The number of likely N-dealkylation sites (N-methyl/N-ethyl adjacent to an activating group) is 1. The first-order chi connectivity index (χ1) is 16.0. The average Bonchev–Trinajstić information content (AvgIpc) is 3.10. The molecule has 1 heterocycles. The van der Waals surface area contributed by atoms with Crippen LogP contribution in [0.5, 0.6) is 5.75 Å². The summed E-state index contributed by atoms with van der Waals surface area (Å²) in [4.78, 5) is 31.4. The number of terminal acetylenes is 1. The fourth-order valence-electron chi connectivity index (χ4n) is 3.38. The molecule has 0 aromatic heterocycles. The fraction of sp³-hybridized carbons (Fsp3) is 0.115. The van der Waals surface area contributed by atoms with Gasteiger partial charge in [-0.25, -0.2) is 9.79 Å². The highest BCUT2D eigenvalue weighted by Gasteiger charge is 2.31. The topological polar surface area (TPSA) is 68.2 Å². The lowest BCUT2D eigenvalue weighted by Gasteiger charge is -2.11. The van der Waals surface area contributed by atoms with Gasteiger partial charge in [0.2, 0.25) is 0 Å². The van der Waals surface area contributed by atoms with Crippen molar-refractivity contribution in [3.63, 3.8) is 0 Å². The monoisotopic (exact) mass is 456 g/mol. The van der Waals surface area contributed by atoms with E-state index in [9.17, 15) is 9.59 Å². The van der Waals surface area contributed by atoms with Gasteiger partial charge in [-0.05, 0) is 52.9 Å². The van der Waals surface area contributed by atoms with Crippen LogP contribution in [0.4, 0.5) is 5.69 Å². The molecule has 1 aliphatic heterocycles. The Morgan fingerprint density at radius 3 is 2.79 bits per heavy atom. The third-order valence-corrected chi connectivity index (χ3v) is 6.07. The van der Waals surface area contributed by atoms with Gasteiger partial charge in [-0.15, -0.1) is 6.42 Å². The number of hydrogen-bond donors (Lipinski definition) is 0. The zero-order chi connectivity index (χ0) is 23.4. The van der Waals surface area contributed by atoms with Gasteiger partial charge in [0.1, 0.15) is 12.4 Å². The van der Waals surface area contributed by atoms with Gasteiger partial charge in [0, 0.05) is 12.6 Å². The van der Waals surface area contributed by atoms with Crippen LogP contribution >= 0.6 is 11.8 Å². The van der Waals surface area contributed by atoms with E-state index in [0.29, 0.717) is 27.1 Å². The summed E-state index contributed by atoms with van der Waals surface area (Å²) in [6.07, 6.45) is 7.18. The summed E-state index contributed by atoms with van der Waals surface area (Å²) in [5, 5.41) is 2.47. The molecule has 1 saturated heterocycles. The minimum absolute atomic E-state index is 0.124. The number of esters is 1. The Kier molecular flexibility index (Phi) is 6.48. The Morgan fingerprint density at radius 2 is 2.00 bits per heavy atom. The van der Waals surface area contributed by atoms with E-state index in [4.69, 9.17) is 15.9 Å². The van der Waals surface area contributed by atoms with E-state index in [1.54, 1.807) is 31.3 Å². The molecule has 0 unspecified atom stereocenters. The maximum atomic E-state index is 13.0.